The van der Waals surface area contributed by atoms with Gasteiger partial charge >= 0.3 is 0 Å². The number of aliphatic hydroxyl groups excluding tert-OH is 1. The van der Waals surface area contributed by atoms with Gasteiger partial charge in [0.2, 0.25) is 0 Å². The van der Waals surface area contributed by atoms with Crippen LogP contribution >= 0.6 is 0 Å². The summed E-state index contributed by atoms with van der Waals surface area (Å²) in [5.74, 6) is 0. The van der Waals surface area contributed by atoms with Gasteiger partial charge in [0, 0.05) is 38.4 Å². The summed E-state index contributed by atoms with van der Waals surface area (Å²) in [6, 6.07) is 16.6. The summed E-state index contributed by atoms with van der Waals surface area (Å²) in [6.07, 6.45) is -0.400. The number of piperazine rings is 1. The van der Waals surface area contributed by atoms with E-state index in [0.717, 1.165) is 31.7 Å². The average molecular weight is 310 g/mol. The van der Waals surface area contributed by atoms with Crippen molar-refractivity contribution in [3.63, 3.8) is 0 Å². The van der Waals surface area contributed by atoms with Crippen molar-refractivity contribution in [2.24, 2.45) is 0 Å². The molecule has 3 nitrogen and oxygen atoms in total. The molecule has 1 unspecified atom stereocenters. The van der Waals surface area contributed by atoms with Crippen molar-refractivity contribution in [3.05, 3.63) is 65.2 Å². The molecule has 0 aliphatic carbocycles. The Hall–Kier alpha value is -1.84. The third kappa shape index (κ3) is 3.92. The van der Waals surface area contributed by atoms with Gasteiger partial charge < -0.3 is 10.0 Å². The van der Waals surface area contributed by atoms with E-state index >= 15 is 0 Å². The molecule has 0 amide bonds. The number of nitrogens with zero attached hydrogens (tertiary/aromatic N) is 2. The molecule has 3 rings (SSSR count). The van der Waals surface area contributed by atoms with Crippen LogP contribution in [0.2, 0.25) is 0 Å². The van der Waals surface area contributed by atoms with Gasteiger partial charge in [-0.2, -0.15) is 0 Å². The van der Waals surface area contributed by atoms with E-state index in [2.05, 4.69) is 41.8 Å². The lowest BCUT2D eigenvalue weighted by Crippen LogP contribution is -2.47. The second-order valence-electron chi connectivity index (χ2n) is 6.50. The highest BCUT2D eigenvalue weighted by atomic mass is 16.3. The minimum Gasteiger partial charge on any atom is -0.387 e. The topological polar surface area (TPSA) is 26.7 Å². The highest BCUT2D eigenvalue weighted by Crippen LogP contribution is 2.23. The van der Waals surface area contributed by atoms with Crippen molar-refractivity contribution < 1.29 is 5.11 Å². The van der Waals surface area contributed by atoms with Gasteiger partial charge in [-0.15, -0.1) is 0 Å². The summed E-state index contributed by atoms with van der Waals surface area (Å²) < 4.78 is 0. The van der Waals surface area contributed by atoms with Gasteiger partial charge in [-0.1, -0.05) is 42.5 Å². The molecule has 1 aliphatic rings. The van der Waals surface area contributed by atoms with Crippen LogP contribution in [-0.4, -0.2) is 42.7 Å². The Kier molecular flexibility index (Phi) is 4.99. The molecule has 122 valence electrons. The lowest BCUT2D eigenvalue weighted by atomic mass is 10.1. The fourth-order valence-electron chi connectivity index (χ4n) is 3.26. The van der Waals surface area contributed by atoms with Gasteiger partial charge in [-0.3, -0.25) is 4.90 Å². The summed E-state index contributed by atoms with van der Waals surface area (Å²) in [4.78, 5) is 4.83. The van der Waals surface area contributed by atoms with Gasteiger partial charge in [0.15, 0.2) is 0 Å². The van der Waals surface area contributed by atoms with Gasteiger partial charge in [-0.25, -0.2) is 0 Å². The third-order valence-corrected chi connectivity index (χ3v) is 4.69. The Balaban J connectivity index is 1.57. The number of β-amino-alcohol motifs (C(OH)–C–C–N with tert-alkyl or cyclic N) is 1. The minimum absolute atomic E-state index is 0.400. The van der Waals surface area contributed by atoms with Crippen LogP contribution in [0.1, 0.15) is 22.8 Å². The van der Waals surface area contributed by atoms with Crippen molar-refractivity contribution in [1.29, 1.82) is 0 Å². The lowest BCUT2D eigenvalue weighted by molar-refractivity contribution is 0.109. The van der Waals surface area contributed by atoms with Crippen LogP contribution in [0.4, 0.5) is 5.69 Å². The largest absolute Gasteiger partial charge is 0.387 e. The van der Waals surface area contributed by atoms with Crippen molar-refractivity contribution >= 4 is 5.69 Å². The molecule has 0 saturated carbocycles. The van der Waals surface area contributed by atoms with Crippen molar-refractivity contribution in [2.75, 3.05) is 37.6 Å². The zero-order valence-corrected chi connectivity index (χ0v) is 14.1. The van der Waals surface area contributed by atoms with E-state index in [0.29, 0.717) is 6.54 Å². The van der Waals surface area contributed by atoms with Gasteiger partial charge in [0.25, 0.3) is 0 Å². The van der Waals surface area contributed by atoms with Gasteiger partial charge in [-0.05, 0) is 36.6 Å². The van der Waals surface area contributed by atoms with E-state index in [1.165, 1.54) is 16.8 Å². The molecule has 0 radical (unpaired) electrons. The summed E-state index contributed by atoms with van der Waals surface area (Å²) in [6.45, 7) is 9.08. The number of benzene rings is 2. The number of aliphatic hydroxyl groups is 1. The number of anilines is 1. The zero-order valence-electron chi connectivity index (χ0n) is 14.1. The molecule has 3 heteroatoms. The first-order chi connectivity index (χ1) is 11.1. The van der Waals surface area contributed by atoms with E-state index in [9.17, 15) is 5.11 Å². The first kappa shape index (κ1) is 16.0. The predicted octanol–water partition coefficient (Wildman–Crippen LogP) is 3.16. The average Bonchev–Trinajstić information content (AvgIpc) is 2.58. The van der Waals surface area contributed by atoms with Crippen LogP contribution in [0.25, 0.3) is 0 Å². The molecule has 2 aromatic rings. The molecule has 1 N–H and O–H groups in total. The SMILES string of the molecule is Cc1ccc(C)c(N2CCN(CC(O)c3ccccc3)CC2)c1. The molecule has 1 heterocycles. The fourth-order valence-corrected chi connectivity index (χ4v) is 3.26. The van der Waals surface area contributed by atoms with Gasteiger partial charge in [0.05, 0.1) is 6.10 Å². The maximum Gasteiger partial charge on any atom is 0.0916 e. The summed E-state index contributed by atoms with van der Waals surface area (Å²) in [5, 5.41) is 10.4. The van der Waals surface area contributed by atoms with Crippen LogP contribution in [0.3, 0.4) is 0 Å². The maximum absolute atomic E-state index is 10.4. The van der Waals surface area contributed by atoms with Crippen molar-refractivity contribution in [2.45, 2.75) is 20.0 Å². The Morgan fingerprint density at radius 3 is 2.35 bits per heavy atom. The van der Waals surface area contributed by atoms with Crippen LogP contribution in [0, 0.1) is 13.8 Å². The quantitative estimate of drug-likeness (QED) is 0.940. The van der Waals surface area contributed by atoms with E-state index in [4.69, 9.17) is 0 Å². The standard InChI is InChI=1S/C20H26N2O/c1-16-8-9-17(2)19(14-16)22-12-10-21(11-13-22)15-20(23)18-6-4-3-5-7-18/h3-9,14,20,23H,10-13,15H2,1-2H3. The number of aryl methyl sites for hydroxylation is 2. The monoisotopic (exact) mass is 310 g/mol. The van der Waals surface area contributed by atoms with E-state index < -0.39 is 6.10 Å². The predicted molar refractivity (Wildman–Crippen MR) is 96.0 cm³/mol. The molecule has 23 heavy (non-hydrogen) atoms. The smallest absolute Gasteiger partial charge is 0.0916 e. The summed E-state index contributed by atoms with van der Waals surface area (Å²) in [5.41, 5.74) is 5.01. The molecule has 2 aromatic carbocycles. The van der Waals surface area contributed by atoms with Crippen molar-refractivity contribution in [1.82, 2.24) is 4.90 Å². The lowest BCUT2D eigenvalue weighted by Gasteiger charge is -2.37. The highest BCUT2D eigenvalue weighted by Gasteiger charge is 2.20. The Morgan fingerprint density at radius 2 is 1.65 bits per heavy atom. The first-order valence-corrected chi connectivity index (χ1v) is 8.41. The Morgan fingerprint density at radius 1 is 0.957 bits per heavy atom. The zero-order chi connectivity index (χ0) is 16.2. The minimum atomic E-state index is -0.400. The summed E-state index contributed by atoms with van der Waals surface area (Å²) in [7, 11) is 0. The second kappa shape index (κ2) is 7.16. The maximum atomic E-state index is 10.4. The Bertz CT molecular complexity index is 633. The van der Waals surface area contributed by atoms with Gasteiger partial charge in [0.1, 0.15) is 0 Å². The number of hydrogen-bond donors (Lipinski definition) is 1. The van der Waals surface area contributed by atoms with E-state index in [1.807, 2.05) is 30.3 Å². The van der Waals surface area contributed by atoms with Crippen LogP contribution in [0.15, 0.2) is 48.5 Å². The number of hydrogen-bond acceptors (Lipinski definition) is 3. The fraction of sp³-hybridized carbons (Fsp3) is 0.400. The van der Waals surface area contributed by atoms with E-state index in [1.54, 1.807) is 0 Å². The first-order valence-electron chi connectivity index (χ1n) is 8.41. The molecule has 0 spiro atoms. The molecule has 0 bridgehead atoms. The summed E-state index contributed by atoms with van der Waals surface area (Å²) >= 11 is 0. The molecule has 1 atom stereocenters. The molecular weight excluding hydrogens is 284 g/mol. The highest BCUT2D eigenvalue weighted by molar-refractivity contribution is 5.55. The molecule has 0 aromatic heterocycles. The van der Waals surface area contributed by atoms with Crippen LogP contribution in [0.5, 0.6) is 0 Å². The Labute approximate surface area is 139 Å². The van der Waals surface area contributed by atoms with Crippen LogP contribution in [-0.2, 0) is 0 Å². The second-order valence-corrected chi connectivity index (χ2v) is 6.50. The molecule has 1 aliphatic heterocycles. The molecular formula is C20H26N2O. The van der Waals surface area contributed by atoms with Crippen LogP contribution < -0.4 is 4.90 Å². The number of rotatable bonds is 4. The third-order valence-electron chi connectivity index (χ3n) is 4.69. The molecule has 1 fully saturated rings. The molecule has 1 saturated heterocycles. The van der Waals surface area contributed by atoms with Crippen molar-refractivity contribution in [3.8, 4) is 0 Å². The normalized spacial score (nSPS) is 17.3. The van der Waals surface area contributed by atoms with E-state index in [-0.39, 0.29) is 0 Å².